The van der Waals surface area contributed by atoms with E-state index in [-0.39, 0.29) is 12.3 Å². The van der Waals surface area contributed by atoms with Crippen molar-refractivity contribution >= 4 is 11.9 Å². The number of esters is 2. The van der Waals surface area contributed by atoms with Crippen LogP contribution in [0.4, 0.5) is 13.2 Å². The van der Waals surface area contributed by atoms with Crippen LogP contribution in [-0.2, 0) is 19.1 Å². The molecule has 1 unspecified atom stereocenters. The van der Waals surface area contributed by atoms with E-state index in [4.69, 9.17) is 4.74 Å². The van der Waals surface area contributed by atoms with Crippen LogP contribution in [0.3, 0.4) is 0 Å². The third-order valence-electron chi connectivity index (χ3n) is 3.71. The smallest absolute Gasteiger partial charge is 0.422 e. The second-order valence-corrected chi connectivity index (χ2v) is 5.57. The van der Waals surface area contributed by atoms with Gasteiger partial charge in [0.25, 0.3) is 0 Å². The predicted molar refractivity (Wildman–Crippen MR) is 68.4 cm³/mol. The molecular weight excluding hydrogens is 289 g/mol. The van der Waals surface area contributed by atoms with Gasteiger partial charge in [0.2, 0.25) is 0 Å². The lowest BCUT2D eigenvalue weighted by molar-refractivity contribution is -0.191. The largest absolute Gasteiger partial charge is 0.458 e. The molecule has 1 saturated carbocycles. The second kappa shape index (κ2) is 7.13. The first-order valence-electron chi connectivity index (χ1n) is 7.13. The summed E-state index contributed by atoms with van der Waals surface area (Å²) in [6.45, 7) is 1.94. The van der Waals surface area contributed by atoms with E-state index in [1.165, 1.54) is 0 Å². The van der Waals surface area contributed by atoms with Crippen LogP contribution in [0.1, 0.15) is 52.4 Å². The van der Waals surface area contributed by atoms with Crippen LogP contribution in [-0.4, -0.2) is 30.3 Å². The Balaban J connectivity index is 2.60. The molecule has 0 amide bonds. The number of hydrogen-bond donors (Lipinski definition) is 0. The number of halogens is 3. The summed E-state index contributed by atoms with van der Waals surface area (Å²) in [6.07, 6.45) is -1.74. The van der Waals surface area contributed by atoms with Crippen molar-refractivity contribution in [3.05, 3.63) is 0 Å². The molecule has 0 heterocycles. The average molecular weight is 310 g/mol. The summed E-state index contributed by atoms with van der Waals surface area (Å²) in [7, 11) is 0. The average Bonchev–Trinajstić information content (AvgIpc) is 2.82. The third kappa shape index (κ3) is 5.93. The van der Waals surface area contributed by atoms with Crippen LogP contribution in [0.2, 0.25) is 0 Å². The molecule has 122 valence electrons. The van der Waals surface area contributed by atoms with E-state index in [1.807, 2.05) is 6.92 Å². The van der Waals surface area contributed by atoms with Crippen LogP contribution in [0.15, 0.2) is 0 Å². The molecule has 1 atom stereocenters. The normalized spacial score (nSPS) is 19.1. The van der Waals surface area contributed by atoms with E-state index in [0.29, 0.717) is 19.3 Å². The van der Waals surface area contributed by atoms with Crippen molar-refractivity contribution in [3.8, 4) is 0 Å². The van der Waals surface area contributed by atoms with Gasteiger partial charge in [0.05, 0.1) is 12.3 Å². The Hall–Kier alpha value is -1.27. The van der Waals surface area contributed by atoms with Crippen LogP contribution < -0.4 is 0 Å². The summed E-state index contributed by atoms with van der Waals surface area (Å²) in [5.41, 5.74) is -0.997. The van der Waals surface area contributed by atoms with Crippen molar-refractivity contribution in [1.29, 1.82) is 0 Å². The van der Waals surface area contributed by atoms with Gasteiger partial charge in [-0.2, -0.15) is 13.2 Å². The highest BCUT2D eigenvalue weighted by molar-refractivity contribution is 5.75. The van der Waals surface area contributed by atoms with E-state index < -0.39 is 30.3 Å². The van der Waals surface area contributed by atoms with Crippen LogP contribution in [0.25, 0.3) is 0 Å². The van der Waals surface area contributed by atoms with Gasteiger partial charge in [0, 0.05) is 0 Å². The van der Waals surface area contributed by atoms with E-state index in [9.17, 15) is 22.8 Å². The minimum Gasteiger partial charge on any atom is -0.458 e. The molecule has 0 spiro atoms. The van der Waals surface area contributed by atoms with Crippen molar-refractivity contribution in [2.45, 2.75) is 64.1 Å². The fourth-order valence-electron chi connectivity index (χ4n) is 2.29. The number of alkyl halides is 3. The van der Waals surface area contributed by atoms with Crippen molar-refractivity contribution in [3.63, 3.8) is 0 Å². The highest BCUT2D eigenvalue weighted by Crippen LogP contribution is 2.37. The number of rotatable bonds is 6. The summed E-state index contributed by atoms with van der Waals surface area (Å²) >= 11 is 0. The van der Waals surface area contributed by atoms with Gasteiger partial charge in [-0.05, 0) is 32.1 Å². The molecular formula is C14H21F3O4. The Labute approximate surface area is 122 Å². The van der Waals surface area contributed by atoms with Crippen molar-refractivity contribution < 1.29 is 32.2 Å². The van der Waals surface area contributed by atoms with Gasteiger partial charge < -0.3 is 9.47 Å². The number of carbonyl (C=O) groups is 2. The maximum atomic E-state index is 12.0. The minimum absolute atomic E-state index is 0.298. The van der Waals surface area contributed by atoms with Crippen LogP contribution >= 0.6 is 0 Å². The van der Waals surface area contributed by atoms with Gasteiger partial charge in [0.1, 0.15) is 5.60 Å². The molecule has 0 radical (unpaired) electrons. The molecule has 0 saturated heterocycles. The molecule has 4 nitrogen and oxygen atoms in total. The highest BCUT2D eigenvalue weighted by Gasteiger charge is 2.41. The summed E-state index contributed by atoms with van der Waals surface area (Å²) in [6, 6.07) is 0. The SMILES string of the molecule is CCC(C)C(=O)OC1(CC(=O)OCC(F)(F)F)CCCC1. The van der Waals surface area contributed by atoms with Crippen molar-refractivity contribution in [1.82, 2.24) is 0 Å². The lowest BCUT2D eigenvalue weighted by Crippen LogP contribution is -2.37. The summed E-state index contributed by atoms with van der Waals surface area (Å²) in [5.74, 6) is -1.69. The first-order valence-corrected chi connectivity index (χ1v) is 7.13. The van der Waals surface area contributed by atoms with E-state index in [2.05, 4.69) is 4.74 Å². The molecule has 1 rings (SSSR count). The molecule has 1 fully saturated rings. The molecule has 7 heteroatoms. The van der Waals surface area contributed by atoms with Gasteiger partial charge in [-0.25, -0.2) is 0 Å². The Morgan fingerprint density at radius 1 is 1.24 bits per heavy atom. The zero-order chi connectivity index (χ0) is 16.1. The van der Waals surface area contributed by atoms with Crippen molar-refractivity contribution in [2.75, 3.05) is 6.61 Å². The van der Waals surface area contributed by atoms with E-state index >= 15 is 0 Å². The lowest BCUT2D eigenvalue weighted by Gasteiger charge is -2.29. The fourth-order valence-corrected chi connectivity index (χ4v) is 2.29. The third-order valence-corrected chi connectivity index (χ3v) is 3.71. The Bertz CT molecular complexity index is 373. The highest BCUT2D eigenvalue weighted by atomic mass is 19.4. The van der Waals surface area contributed by atoms with E-state index in [0.717, 1.165) is 12.8 Å². The molecule has 0 aliphatic heterocycles. The Morgan fingerprint density at radius 3 is 2.29 bits per heavy atom. The number of hydrogen-bond acceptors (Lipinski definition) is 4. The van der Waals surface area contributed by atoms with Gasteiger partial charge in [0.15, 0.2) is 6.61 Å². The first kappa shape index (κ1) is 17.8. The molecule has 0 aromatic rings. The summed E-state index contributed by atoms with van der Waals surface area (Å²) in [5, 5.41) is 0. The van der Waals surface area contributed by atoms with Crippen LogP contribution in [0.5, 0.6) is 0 Å². The Kier molecular flexibility index (Phi) is 6.04. The molecule has 0 aromatic carbocycles. The number of carbonyl (C=O) groups excluding carboxylic acids is 2. The molecule has 0 aromatic heterocycles. The van der Waals surface area contributed by atoms with Crippen LogP contribution in [0, 0.1) is 5.92 Å². The van der Waals surface area contributed by atoms with Gasteiger partial charge in [-0.1, -0.05) is 13.8 Å². The second-order valence-electron chi connectivity index (χ2n) is 5.57. The monoisotopic (exact) mass is 310 g/mol. The zero-order valence-electron chi connectivity index (χ0n) is 12.3. The predicted octanol–water partition coefficient (Wildman–Crippen LogP) is 3.38. The topological polar surface area (TPSA) is 52.6 Å². The molecule has 1 aliphatic carbocycles. The standard InChI is InChI=1S/C14H21F3O4/c1-3-10(2)12(19)21-13(6-4-5-7-13)8-11(18)20-9-14(15,16)17/h10H,3-9H2,1-2H3. The molecule has 21 heavy (non-hydrogen) atoms. The minimum atomic E-state index is -4.55. The van der Waals surface area contributed by atoms with Gasteiger partial charge in [-0.3, -0.25) is 9.59 Å². The quantitative estimate of drug-likeness (QED) is 0.706. The van der Waals surface area contributed by atoms with Crippen molar-refractivity contribution in [2.24, 2.45) is 5.92 Å². The summed E-state index contributed by atoms with van der Waals surface area (Å²) < 4.78 is 45.7. The maximum Gasteiger partial charge on any atom is 0.422 e. The van der Waals surface area contributed by atoms with Gasteiger partial charge in [-0.15, -0.1) is 0 Å². The fraction of sp³-hybridized carbons (Fsp3) is 0.857. The molecule has 0 bridgehead atoms. The summed E-state index contributed by atoms with van der Waals surface area (Å²) in [4.78, 5) is 23.4. The number of ether oxygens (including phenoxy) is 2. The Morgan fingerprint density at radius 2 is 1.81 bits per heavy atom. The maximum absolute atomic E-state index is 12.0. The molecule has 0 N–H and O–H groups in total. The first-order chi connectivity index (χ1) is 9.67. The molecule has 1 aliphatic rings. The van der Waals surface area contributed by atoms with E-state index in [1.54, 1.807) is 6.92 Å². The van der Waals surface area contributed by atoms with Gasteiger partial charge >= 0.3 is 18.1 Å². The lowest BCUT2D eigenvalue weighted by atomic mass is 9.97. The zero-order valence-corrected chi connectivity index (χ0v) is 12.3.